The molecule has 2 heteroatoms. The zero-order valence-corrected chi connectivity index (χ0v) is 10.9. The summed E-state index contributed by atoms with van der Waals surface area (Å²) >= 11 is 0. The van der Waals surface area contributed by atoms with Crippen LogP contribution in [0.4, 0.5) is 0 Å². The lowest BCUT2D eigenvalue weighted by atomic mass is 9.86. The lowest BCUT2D eigenvalue weighted by Gasteiger charge is -2.38. The Morgan fingerprint density at radius 1 is 1.40 bits per heavy atom. The monoisotopic (exact) mass is 212 g/mol. The van der Waals surface area contributed by atoms with Crippen LogP contribution >= 0.6 is 0 Å². The molecule has 3 unspecified atom stereocenters. The lowest BCUT2D eigenvalue weighted by molar-refractivity contribution is 0.115. The molecule has 90 valence electrons. The van der Waals surface area contributed by atoms with E-state index in [2.05, 4.69) is 38.2 Å². The van der Waals surface area contributed by atoms with Gasteiger partial charge in [0, 0.05) is 18.6 Å². The Hall–Kier alpha value is -0.0800. The second-order valence-electron chi connectivity index (χ2n) is 5.21. The summed E-state index contributed by atoms with van der Waals surface area (Å²) in [5, 5.41) is 3.31. The van der Waals surface area contributed by atoms with Crippen molar-refractivity contribution in [3.05, 3.63) is 0 Å². The number of hydrogen-bond acceptors (Lipinski definition) is 2. The van der Waals surface area contributed by atoms with E-state index < -0.39 is 0 Å². The molecule has 2 nitrogen and oxygen atoms in total. The van der Waals surface area contributed by atoms with Crippen LogP contribution in [0, 0.1) is 5.92 Å². The second-order valence-corrected chi connectivity index (χ2v) is 5.21. The molecule has 0 aliphatic heterocycles. The highest BCUT2D eigenvalue weighted by molar-refractivity contribution is 4.81. The van der Waals surface area contributed by atoms with Gasteiger partial charge < -0.3 is 5.32 Å². The minimum absolute atomic E-state index is 0.713. The van der Waals surface area contributed by atoms with Crippen molar-refractivity contribution in [2.24, 2.45) is 5.92 Å². The summed E-state index contributed by atoms with van der Waals surface area (Å²) in [6.45, 7) is 5.82. The van der Waals surface area contributed by atoms with Gasteiger partial charge in [-0.3, -0.25) is 4.90 Å². The van der Waals surface area contributed by atoms with Crippen molar-refractivity contribution in [3.8, 4) is 0 Å². The van der Waals surface area contributed by atoms with Gasteiger partial charge in [-0.25, -0.2) is 0 Å². The standard InChI is InChI=1S/C13H28N2/c1-5-12(10-14-3)15(4)13-8-6-7-11(2)9-13/h11-14H,5-10H2,1-4H3. The molecule has 15 heavy (non-hydrogen) atoms. The Kier molecular flexibility index (Phi) is 5.62. The summed E-state index contributed by atoms with van der Waals surface area (Å²) in [4.78, 5) is 2.62. The van der Waals surface area contributed by atoms with Crippen LogP contribution in [-0.2, 0) is 0 Å². The average molecular weight is 212 g/mol. The summed E-state index contributed by atoms with van der Waals surface area (Å²) in [5.74, 6) is 0.929. The summed E-state index contributed by atoms with van der Waals surface area (Å²) in [6, 6.07) is 1.54. The second kappa shape index (κ2) is 6.49. The first-order chi connectivity index (χ1) is 7.19. The van der Waals surface area contributed by atoms with Crippen molar-refractivity contribution in [2.75, 3.05) is 20.6 Å². The molecule has 0 spiro atoms. The van der Waals surface area contributed by atoms with E-state index in [4.69, 9.17) is 0 Å². The molecule has 0 aromatic heterocycles. The quantitative estimate of drug-likeness (QED) is 0.753. The number of likely N-dealkylation sites (N-methyl/N-ethyl adjacent to an activating group) is 2. The van der Waals surface area contributed by atoms with Crippen LogP contribution in [0.1, 0.15) is 46.0 Å². The first-order valence-electron chi connectivity index (χ1n) is 6.55. The smallest absolute Gasteiger partial charge is 0.0217 e. The first-order valence-corrected chi connectivity index (χ1v) is 6.55. The molecule has 0 aromatic carbocycles. The third kappa shape index (κ3) is 3.76. The number of rotatable bonds is 5. The Morgan fingerprint density at radius 3 is 2.67 bits per heavy atom. The van der Waals surface area contributed by atoms with Crippen molar-refractivity contribution in [1.29, 1.82) is 0 Å². The first kappa shape index (κ1) is 13.0. The van der Waals surface area contributed by atoms with E-state index in [1.807, 2.05) is 0 Å². The van der Waals surface area contributed by atoms with Gasteiger partial charge in [-0.1, -0.05) is 26.7 Å². The molecule has 1 saturated carbocycles. The molecule has 1 rings (SSSR count). The number of nitrogens with zero attached hydrogens (tertiary/aromatic N) is 1. The molecular weight excluding hydrogens is 184 g/mol. The maximum absolute atomic E-state index is 3.31. The van der Waals surface area contributed by atoms with Crippen molar-refractivity contribution < 1.29 is 0 Å². The van der Waals surface area contributed by atoms with Gasteiger partial charge in [-0.15, -0.1) is 0 Å². The molecule has 0 amide bonds. The molecule has 1 aliphatic rings. The zero-order chi connectivity index (χ0) is 11.3. The fourth-order valence-corrected chi connectivity index (χ4v) is 2.88. The van der Waals surface area contributed by atoms with Crippen LogP contribution in [0.15, 0.2) is 0 Å². The van der Waals surface area contributed by atoms with E-state index in [1.54, 1.807) is 0 Å². The maximum atomic E-state index is 3.31. The van der Waals surface area contributed by atoms with Gasteiger partial charge in [0.25, 0.3) is 0 Å². The van der Waals surface area contributed by atoms with Crippen molar-refractivity contribution in [2.45, 2.75) is 58.0 Å². The van der Waals surface area contributed by atoms with Crippen LogP contribution < -0.4 is 5.32 Å². The minimum atomic E-state index is 0.713. The van der Waals surface area contributed by atoms with Crippen LogP contribution in [0.2, 0.25) is 0 Å². The number of hydrogen-bond donors (Lipinski definition) is 1. The fraction of sp³-hybridized carbons (Fsp3) is 1.00. The topological polar surface area (TPSA) is 15.3 Å². The van der Waals surface area contributed by atoms with E-state index >= 15 is 0 Å². The van der Waals surface area contributed by atoms with Gasteiger partial charge in [0.1, 0.15) is 0 Å². The van der Waals surface area contributed by atoms with Gasteiger partial charge in [0.15, 0.2) is 0 Å². The SMILES string of the molecule is CCC(CNC)N(C)C1CCCC(C)C1. The Morgan fingerprint density at radius 2 is 2.13 bits per heavy atom. The summed E-state index contributed by atoms with van der Waals surface area (Å²) in [6.07, 6.45) is 6.92. The summed E-state index contributed by atoms with van der Waals surface area (Å²) < 4.78 is 0. The largest absolute Gasteiger partial charge is 0.318 e. The summed E-state index contributed by atoms with van der Waals surface area (Å²) in [7, 11) is 4.37. The van der Waals surface area contributed by atoms with Gasteiger partial charge in [0.05, 0.1) is 0 Å². The minimum Gasteiger partial charge on any atom is -0.318 e. The van der Waals surface area contributed by atoms with E-state index in [-0.39, 0.29) is 0 Å². The molecule has 0 bridgehead atoms. The third-order valence-electron chi connectivity index (χ3n) is 3.97. The molecule has 1 fully saturated rings. The Balaban J connectivity index is 2.45. The zero-order valence-electron chi connectivity index (χ0n) is 10.9. The molecule has 1 aliphatic carbocycles. The van der Waals surface area contributed by atoms with Gasteiger partial charge >= 0.3 is 0 Å². The highest BCUT2D eigenvalue weighted by atomic mass is 15.2. The van der Waals surface area contributed by atoms with Crippen molar-refractivity contribution in [1.82, 2.24) is 10.2 Å². The average Bonchev–Trinajstić information content (AvgIpc) is 2.25. The Bertz CT molecular complexity index is 170. The van der Waals surface area contributed by atoms with Crippen LogP contribution in [0.5, 0.6) is 0 Å². The fourth-order valence-electron chi connectivity index (χ4n) is 2.88. The molecule has 0 radical (unpaired) electrons. The molecule has 0 heterocycles. The van der Waals surface area contributed by atoms with Crippen LogP contribution in [0.3, 0.4) is 0 Å². The number of nitrogens with one attached hydrogen (secondary N) is 1. The predicted octanol–water partition coefficient (Wildman–Crippen LogP) is 2.49. The summed E-state index contributed by atoms with van der Waals surface area (Å²) in [5.41, 5.74) is 0. The molecular formula is C13H28N2. The predicted molar refractivity (Wildman–Crippen MR) is 67.2 cm³/mol. The van der Waals surface area contributed by atoms with Crippen molar-refractivity contribution >= 4 is 0 Å². The molecule has 1 N–H and O–H groups in total. The van der Waals surface area contributed by atoms with Gasteiger partial charge in [-0.2, -0.15) is 0 Å². The van der Waals surface area contributed by atoms with Gasteiger partial charge in [0.2, 0.25) is 0 Å². The van der Waals surface area contributed by atoms with Crippen LogP contribution in [0.25, 0.3) is 0 Å². The highest BCUT2D eigenvalue weighted by Crippen LogP contribution is 2.27. The van der Waals surface area contributed by atoms with Crippen molar-refractivity contribution in [3.63, 3.8) is 0 Å². The lowest BCUT2D eigenvalue weighted by Crippen LogP contribution is -2.46. The van der Waals surface area contributed by atoms with Crippen LogP contribution in [-0.4, -0.2) is 37.6 Å². The molecule has 0 saturated heterocycles. The van der Waals surface area contributed by atoms with E-state index in [0.717, 1.165) is 18.5 Å². The highest BCUT2D eigenvalue weighted by Gasteiger charge is 2.25. The Labute approximate surface area is 95.4 Å². The molecule has 0 aromatic rings. The van der Waals surface area contributed by atoms with E-state index in [1.165, 1.54) is 32.1 Å². The maximum Gasteiger partial charge on any atom is 0.0217 e. The van der Waals surface area contributed by atoms with E-state index in [9.17, 15) is 0 Å². The molecule has 3 atom stereocenters. The van der Waals surface area contributed by atoms with Gasteiger partial charge in [-0.05, 0) is 39.3 Å². The van der Waals surface area contributed by atoms with E-state index in [0.29, 0.717) is 6.04 Å². The normalized spacial score (nSPS) is 29.4. The third-order valence-corrected chi connectivity index (χ3v) is 3.97.